The number of fused-ring (bicyclic) bond motifs is 1. The molecule has 2 N–H and O–H groups in total. The van der Waals surface area contributed by atoms with Gasteiger partial charge in [-0.15, -0.1) is 0 Å². The molecule has 2 amide bonds. The summed E-state index contributed by atoms with van der Waals surface area (Å²) in [4.78, 5) is 20.7. The molecule has 3 heterocycles. The highest BCUT2D eigenvalue weighted by Crippen LogP contribution is 2.27. The molecule has 25 heavy (non-hydrogen) atoms. The maximum atomic E-state index is 12.4. The van der Waals surface area contributed by atoms with Crippen molar-refractivity contribution in [2.45, 2.75) is 25.4 Å². The van der Waals surface area contributed by atoms with Gasteiger partial charge in [0.2, 0.25) is 0 Å². The van der Waals surface area contributed by atoms with Crippen LogP contribution in [0.3, 0.4) is 0 Å². The summed E-state index contributed by atoms with van der Waals surface area (Å²) >= 11 is 0. The third-order valence-electron chi connectivity index (χ3n) is 4.31. The number of nitrogens with one attached hydrogen (secondary N) is 2. The Morgan fingerprint density at radius 3 is 2.88 bits per heavy atom. The van der Waals surface area contributed by atoms with E-state index in [9.17, 15) is 4.79 Å². The molecule has 126 valence electrons. The molecule has 1 aromatic carbocycles. The fourth-order valence-electron chi connectivity index (χ4n) is 3.07. The number of para-hydroxylation sites is 1. The van der Waals surface area contributed by atoms with Gasteiger partial charge in [0.05, 0.1) is 18.3 Å². The number of carbonyl (C=O) groups is 1. The summed E-state index contributed by atoms with van der Waals surface area (Å²) in [5.41, 5.74) is 2.74. The van der Waals surface area contributed by atoms with Gasteiger partial charge in [-0.05, 0) is 30.2 Å². The van der Waals surface area contributed by atoms with E-state index in [4.69, 9.17) is 0 Å². The molecule has 0 bridgehead atoms. The second-order valence-corrected chi connectivity index (χ2v) is 5.97. The molecule has 0 spiro atoms. The first kappa shape index (κ1) is 15.3. The number of hydrogen-bond donors (Lipinski definition) is 2. The molecule has 1 atom stereocenters. The van der Waals surface area contributed by atoms with Gasteiger partial charge in [-0.3, -0.25) is 4.98 Å². The van der Waals surface area contributed by atoms with Crippen molar-refractivity contribution in [1.29, 1.82) is 0 Å². The molecule has 3 aromatic rings. The Balaban J connectivity index is 1.45. The van der Waals surface area contributed by atoms with Crippen molar-refractivity contribution < 1.29 is 4.79 Å². The van der Waals surface area contributed by atoms with Crippen LogP contribution in [-0.2, 0) is 13.0 Å². The van der Waals surface area contributed by atoms with Crippen LogP contribution in [-0.4, -0.2) is 31.8 Å². The number of amides is 2. The quantitative estimate of drug-likeness (QED) is 0.770. The molecule has 1 aliphatic rings. The minimum absolute atomic E-state index is 0.0438. The molecule has 0 radical (unpaired) electrons. The van der Waals surface area contributed by atoms with Gasteiger partial charge in [-0.25, -0.2) is 14.5 Å². The van der Waals surface area contributed by atoms with E-state index in [-0.39, 0.29) is 12.1 Å². The molecule has 0 aliphatic carbocycles. The number of pyridine rings is 1. The zero-order valence-electron chi connectivity index (χ0n) is 13.6. The Kier molecular flexibility index (Phi) is 4.12. The number of anilines is 1. The largest absolute Gasteiger partial charge is 0.333 e. The Labute approximate surface area is 145 Å². The number of benzene rings is 1. The van der Waals surface area contributed by atoms with E-state index < -0.39 is 0 Å². The third kappa shape index (κ3) is 3.35. The van der Waals surface area contributed by atoms with Crippen molar-refractivity contribution in [2.24, 2.45) is 0 Å². The van der Waals surface area contributed by atoms with E-state index in [0.717, 1.165) is 35.5 Å². The molecule has 7 nitrogen and oxygen atoms in total. The predicted molar refractivity (Wildman–Crippen MR) is 94.0 cm³/mol. The minimum Gasteiger partial charge on any atom is -0.333 e. The average molecular weight is 334 g/mol. The second-order valence-electron chi connectivity index (χ2n) is 5.97. The van der Waals surface area contributed by atoms with Gasteiger partial charge in [0.1, 0.15) is 12.2 Å². The summed E-state index contributed by atoms with van der Waals surface area (Å²) in [6, 6.07) is 11.4. The summed E-state index contributed by atoms with van der Waals surface area (Å²) in [6.07, 6.45) is 6.72. The summed E-state index contributed by atoms with van der Waals surface area (Å²) in [5, 5.41) is 10.2. The first-order chi connectivity index (χ1) is 12.3. The van der Waals surface area contributed by atoms with Gasteiger partial charge >= 0.3 is 6.03 Å². The van der Waals surface area contributed by atoms with Gasteiger partial charge in [0.15, 0.2) is 0 Å². The SMILES string of the molecule is O=C(Nc1ccccc1-c1ccncc1)N[C@@H]1CCc2ncnn2C1. The van der Waals surface area contributed by atoms with Crippen LogP contribution in [0.15, 0.2) is 55.1 Å². The summed E-state index contributed by atoms with van der Waals surface area (Å²) in [5.74, 6) is 0.974. The van der Waals surface area contributed by atoms with Crippen molar-refractivity contribution in [1.82, 2.24) is 25.1 Å². The second kappa shape index (κ2) is 6.72. The molecule has 0 saturated heterocycles. The first-order valence-electron chi connectivity index (χ1n) is 8.23. The number of nitrogens with zero attached hydrogens (tertiary/aromatic N) is 4. The summed E-state index contributed by atoms with van der Waals surface area (Å²) in [6.45, 7) is 0.648. The molecule has 4 rings (SSSR count). The van der Waals surface area contributed by atoms with E-state index in [2.05, 4.69) is 25.7 Å². The van der Waals surface area contributed by atoms with Crippen LogP contribution < -0.4 is 10.6 Å². The number of rotatable bonds is 3. The molecule has 0 saturated carbocycles. The Bertz CT molecular complexity index is 876. The highest BCUT2D eigenvalue weighted by Gasteiger charge is 2.21. The summed E-state index contributed by atoms with van der Waals surface area (Å²) < 4.78 is 1.85. The average Bonchev–Trinajstić information content (AvgIpc) is 3.10. The van der Waals surface area contributed by atoms with E-state index in [0.29, 0.717) is 6.54 Å². The normalized spacial score (nSPS) is 16.1. The summed E-state index contributed by atoms with van der Waals surface area (Å²) in [7, 11) is 0. The van der Waals surface area contributed by atoms with Crippen LogP contribution in [0, 0.1) is 0 Å². The van der Waals surface area contributed by atoms with Gasteiger partial charge in [-0.1, -0.05) is 18.2 Å². The lowest BCUT2D eigenvalue weighted by Crippen LogP contribution is -2.43. The number of aromatic nitrogens is 4. The fraction of sp³-hybridized carbons (Fsp3) is 0.222. The lowest BCUT2D eigenvalue weighted by atomic mass is 10.1. The smallest absolute Gasteiger partial charge is 0.319 e. The van der Waals surface area contributed by atoms with E-state index in [1.54, 1.807) is 18.7 Å². The van der Waals surface area contributed by atoms with Crippen LogP contribution in [0.1, 0.15) is 12.2 Å². The van der Waals surface area contributed by atoms with Gasteiger partial charge in [0, 0.05) is 24.4 Å². The molecule has 0 fully saturated rings. The number of hydrogen-bond acceptors (Lipinski definition) is 4. The van der Waals surface area contributed by atoms with Crippen molar-refractivity contribution >= 4 is 11.7 Å². The van der Waals surface area contributed by atoms with Crippen molar-refractivity contribution in [2.75, 3.05) is 5.32 Å². The molecule has 1 aliphatic heterocycles. The number of carbonyl (C=O) groups excluding carboxylic acids is 1. The van der Waals surface area contributed by atoms with Crippen LogP contribution in [0.5, 0.6) is 0 Å². The van der Waals surface area contributed by atoms with E-state index in [1.807, 2.05) is 41.1 Å². The van der Waals surface area contributed by atoms with Crippen molar-refractivity contribution in [3.05, 3.63) is 60.9 Å². The lowest BCUT2D eigenvalue weighted by Gasteiger charge is -2.24. The molecule has 2 aromatic heterocycles. The van der Waals surface area contributed by atoms with Crippen LogP contribution in [0.2, 0.25) is 0 Å². The van der Waals surface area contributed by atoms with Crippen LogP contribution in [0.4, 0.5) is 10.5 Å². The molecule has 0 unspecified atom stereocenters. The highest BCUT2D eigenvalue weighted by atomic mass is 16.2. The molecular formula is C18H18N6O. The topological polar surface area (TPSA) is 84.7 Å². The Morgan fingerprint density at radius 1 is 1.16 bits per heavy atom. The maximum Gasteiger partial charge on any atom is 0.319 e. The maximum absolute atomic E-state index is 12.4. The molecule has 7 heteroatoms. The Hall–Kier alpha value is -3.22. The van der Waals surface area contributed by atoms with Crippen LogP contribution >= 0.6 is 0 Å². The predicted octanol–water partition coefficient (Wildman–Crippen LogP) is 2.48. The van der Waals surface area contributed by atoms with Crippen LogP contribution in [0.25, 0.3) is 11.1 Å². The van der Waals surface area contributed by atoms with Crippen molar-refractivity contribution in [3.8, 4) is 11.1 Å². The minimum atomic E-state index is -0.213. The third-order valence-corrected chi connectivity index (χ3v) is 4.31. The highest BCUT2D eigenvalue weighted by molar-refractivity contribution is 5.94. The fourth-order valence-corrected chi connectivity index (χ4v) is 3.07. The monoisotopic (exact) mass is 334 g/mol. The first-order valence-corrected chi connectivity index (χ1v) is 8.23. The number of aryl methyl sites for hydroxylation is 1. The molecular weight excluding hydrogens is 316 g/mol. The van der Waals surface area contributed by atoms with Gasteiger partial charge in [-0.2, -0.15) is 5.10 Å². The van der Waals surface area contributed by atoms with Crippen molar-refractivity contribution in [3.63, 3.8) is 0 Å². The Morgan fingerprint density at radius 2 is 2.00 bits per heavy atom. The lowest BCUT2D eigenvalue weighted by molar-refractivity contribution is 0.243. The zero-order valence-corrected chi connectivity index (χ0v) is 13.6. The zero-order chi connectivity index (χ0) is 17.1. The van der Waals surface area contributed by atoms with E-state index in [1.165, 1.54) is 0 Å². The van der Waals surface area contributed by atoms with E-state index >= 15 is 0 Å². The van der Waals surface area contributed by atoms with Gasteiger partial charge in [0.25, 0.3) is 0 Å². The number of urea groups is 1. The van der Waals surface area contributed by atoms with Gasteiger partial charge < -0.3 is 10.6 Å². The standard InChI is InChI=1S/C18H18N6O/c25-18(22-14-5-6-17-20-12-21-24(17)11-14)23-16-4-2-1-3-15(16)13-7-9-19-10-8-13/h1-4,7-10,12,14H,5-6,11H2,(H2,22,23,25)/t14-/m1/s1.